The molecule has 1 aliphatic rings. The van der Waals surface area contributed by atoms with Crippen molar-refractivity contribution in [3.8, 4) is 0 Å². The molecule has 94 valence electrons. The van der Waals surface area contributed by atoms with Gasteiger partial charge in [-0.25, -0.2) is 0 Å². The quantitative estimate of drug-likeness (QED) is 0.785. The first-order chi connectivity index (χ1) is 8.13. The van der Waals surface area contributed by atoms with Gasteiger partial charge in [0.2, 0.25) is 0 Å². The van der Waals surface area contributed by atoms with Crippen molar-refractivity contribution >= 4 is 17.3 Å². The van der Waals surface area contributed by atoms with Gasteiger partial charge in [0.25, 0.3) is 0 Å². The molecule has 1 aliphatic carbocycles. The molecular formula is C13H19NO2S. The summed E-state index contributed by atoms with van der Waals surface area (Å²) in [5, 5.41) is 12.2. The zero-order chi connectivity index (χ0) is 12.3. The Morgan fingerprint density at radius 3 is 2.76 bits per heavy atom. The van der Waals surface area contributed by atoms with E-state index in [-0.39, 0.29) is 6.42 Å². The fourth-order valence-electron chi connectivity index (χ4n) is 2.04. The van der Waals surface area contributed by atoms with Crippen LogP contribution in [-0.2, 0) is 17.8 Å². The molecule has 1 aromatic heterocycles. The van der Waals surface area contributed by atoms with Crippen LogP contribution in [0.25, 0.3) is 0 Å². The van der Waals surface area contributed by atoms with Gasteiger partial charge in [0.05, 0.1) is 6.42 Å². The maximum absolute atomic E-state index is 10.6. The van der Waals surface area contributed by atoms with E-state index in [1.165, 1.54) is 24.1 Å². The van der Waals surface area contributed by atoms with Crippen molar-refractivity contribution < 1.29 is 9.90 Å². The molecule has 2 rings (SSSR count). The Morgan fingerprint density at radius 2 is 2.18 bits per heavy atom. The third-order valence-corrected chi connectivity index (χ3v) is 4.63. The number of carbonyl (C=O) groups is 1. The van der Waals surface area contributed by atoms with Crippen LogP contribution in [0.2, 0.25) is 0 Å². The predicted molar refractivity (Wildman–Crippen MR) is 69.3 cm³/mol. The average molecular weight is 253 g/mol. The van der Waals surface area contributed by atoms with Gasteiger partial charge in [-0.15, -0.1) is 11.3 Å². The number of aliphatic carboxylic acids is 1. The van der Waals surface area contributed by atoms with Crippen LogP contribution in [0.3, 0.4) is 0 Å². The maximum atomic E-state index is 10.6. The molecular weight excluding hydrogens is 234 g/mol. The van der Waals surface area contributed by atoms with Crippen molar-refractivity contribution in [1.29, 1.82) is 0 Å². The van der Waals surface area contributed by atoms with Crippen LogP contribution in [0.1, 0.15) is 35.9 Å². The molecule has 2 N–H and O–H groups in total. The highest BCUT2D eigenvalue weighted by molar-refractivity contribution is 7.12. The number of rotatable bonds is 7. The molecule has 1 fully saturated rings. The van der Waals surface area contributed by atoms with Gasteiger partial charge in [-0.3, -0.25) is 4.79 Å². The lowest BCUT2D eigenvalue weighted by Gasteiger charge is -2.12. The van der Waals surface area contributed by atoms with Crippen LogP contribution in [0.4, 0.5) is 0 Å². The van der Waals surface area contributed by atoms with E-state index in [9.17, 15) is 4.79 Å². The Labute approximate surface area is 106 Å². The lowest BCUT2D eigenvalue weighted by molar-refractivity contribution is -0.136. The Bertz CT molecular complexity index is 396. The monoisotopic (exact) mass is 253 g/mol. The van der Waals surface area contributed by atoms with Gasteiger partial charge < -0.3 is 10.4 Å². The number of thiophene rings is 1. The molecule has 0 saturated heterocycles. The summed E-state index contributed by atoms with van der Waals surface area (Å²) in [7, 11) is 0. The van der Waals surface area contributed by atoms with Crippen molar-refractivity contribution in [2.24, 2.45) is 5.41 Å². The van der Waals surface area contributed by atoms with Crippen molar-refractivity contribution in [3.05, 3.63) is 21.9 Å². The van der Waals surface area contributed by atoms with Gasteiger partial charge >= 0.3 is 5.97 Å². The van der Waals surface area contributed by atoms with Crippen molar-refractivity contribution in [1.82, 2.24) is 5.32 Å². The molecule has 0 aliphatic heterocycles. The van der Waals surface area contributed by atoms with Crippen molar-refractivity contribution in [2.75, 3.05) is 6.54 Å². The molecule has 0 bridgehead atoms. The second-order valence-corrected chi connectivity index (χ2v) is 6.15. The summed E-state index contributed by atoms with van der Waals surface area (Å²) in [4.78, 5) is 12.7. The summed E-state index contributed by atoms with van der Waals surface area (Å²) in [5.41, 5.74) is 0.571. The molecule has 4 heteroatoms. The summed E-state index contributed by atoms with van der Waals surface area (Å²) >= 11 is 1.60. The zero-order valence-corrected chi connectivity index (χ0v) is 11.0. The van der Waals surface area contributed by atoms with Crippen LogP contribution < -0.4 is 5.32 Å². The zero-order valence-electron chi connectivity index (χ0n) is 10.2. The minimum absolute atomic E-state index is 0.142. The first kappa shape index (κ1) is 12.6. The summed E-state index contributed by atoms with van der Waals surface area (Å²) in [6.45, 7) is 4.21. The summed E-state index contributed by atoms with van der Waals surface area (Å²) in [5.74, 6) is -0.755. The van der Waals surface area contributed by atoms with E-state index in [0.29, 0.717) is 5.41 Å². The Balaban J connectivity index is 1.75. The van der Waals surface area contributed by atoms with E-state index in [4.69, 9.17) is 5.11 Å². The molecule has 1 heterocycles. The van der Waals surface area contributed by atoms with Crippen molar-refractivity contribution in [3.63, 3.8) is 0 Å². The molecule has 0 aromatic carbocycles. The highest BCUT2D eigenvalue weighted by atomic mass is 32.1. The van der Waals surface area contributed by atoms with Gasteiger partial charge in [-0.1, -0.05) is 6.92 Å². The average Bonchev–Trinajstić information content (AvgIpc) is 2.93. The lowest BCUT2D eigenvalue weighted by atomic mass is 10.0. The molecule has 0 unspecified atom stereocenters. The minimum Gasteiger partial charge on any atom is -0.481 e. The van der Waals surface area contributed by atoms with E-state index in [1.807, 2.05) is 12.1 Å². The highest BCUT2D eigenvalue weighted by Gasteiger charge is 2.39. The number of carboxylic acids is 1. The molecule has 0 spiro atoms. The van der Waals surface area contributed by atoms with E-state index in [0.717, 1.165) is 18.0 Å². The summed E-state index contributed by atoms with van der Waals surface area (Å²) < 4.78 is 0. The van der Waals surface area contributed by atoms with Gasteiger partial charge in [0, 0.05) is 22.8 Å². The standard InChI is InChI=1S/C13H19NO2S/c1-2-13(5-6-13)9-14-8-11-4-3-10(17-11)7-12(15)16/h3-4,14H,2,5-9H2,1H3,(H,15,16). The van der Waals surface area contributed by atoms with Crippen molar-refractivity contribution in [2.45, 2.75) is 39.2 Å². The Hall–Kier alpha value is -0.870. The van der Waals surface area contributed by atoms with Crippen LogP contribution in [-0.4, -0.2) is 17.6 Å². The highest BCUT2D eigenvalue weighted by Crippen LogP contribution is 2.47. The number of hydrogen-bond donors (Lipinski definition) is 2. The van der Waals surface area contributed by atoms with Crippen LogP contribution >= 0.6 is 11.3 Å². The molecule has 3 nitrogen and oxygen atoms in total. The molecule has 17 heavy (non-hydrogen) atoms. The Morgan fingerprint density at radius 1 is 1.47 bits per heavy atom. The number of nitrogens with one attached hydrogen (secondary N) is 1. The molecule has 1 saturated carbocycles. The van der Waals surface area contributed by atoms with Gasteiger partial charge in [0.15, 0.2) is 0 Å². The van der Waals surface area contributed by atoms with Crippen LogP contribution in [0.5, 0.6) is 0 Å². The first-order valence-electron chi connectivity index (χ1n) is 6.14. The summed E-state index contributed by atoms with van der Waals surface area (Å²) in [6, 6.07) is 3.95. The third-order valence-electron chi connectivity index (χ3n) is 3.55. The summed E-state index contributed by atoms with van der Waals surface area (Å²) in [6.07, 6.45) is 4.11. The van der Waals surface area contributed by atoms with E-state index >= 15 is 0 Å². The van der Waals surface area contributed by atoms with E-state index in [1.54, 1.807) is 11.3 Å². The number of hydrogen-bond acceptors (Lipinski definition) is 3. The predicted octanol–water partition coefficient (Wildman–Crippen LogP) is 2.66. The fourth-order valence-corrected chi connectivity index (χ4v) is 3.02. The molecule has 0 radical (unpaired) electrons. The molecule has 1 aromatic rings. The molecule has 0 amide bonds. The first-order valence-corrected chi connectivity index (χ1v) is 6.95. The van der Waals surface area contributed by atoms with Gasteiger partial charge in [-0.05, 0) is 36.8 Å². The third kappa shape index (κ3) is 3.54. The topological polar surface area (TPSA) is 49.3 Å². The second kappa shape index (κ2) is 5.19. The SMILES string of the molecule is CCC1(CNCc2ccc(CC(=O)O)s2)CC1. The van der Waals surface area contributed by atoms with Crippen LogP contribution in [0.15, 0.2) is 12.1 Å². The second-order valence-electron chi connectivity index (χ2n) is 4.90. The van der Waals surface area contributed by atoms with E-state index in [2.05, 4.69) is 12.2 Å². The minimum atomic E-state index is -0.755. The van der Waals surface area contributed by atoms with E-state index < -0.39 is 5.97 Å². The smallest absolute Gasteiger partial charge is 0.308 e. The number of carboxylic acid groups (broad SMARTS) is 1. The van der Waals surface area contributed by atoms with Gasteiger partial charge in [0.1, 0.15) is 0 Å². The fraction of sp³-hybridized carbons (Fsp3) is 0.615. The largest absolute Gasteiger partial charge is 0.481 e. The molecule has 0 atom stereocenters. The van der Waals surface area contributed by atoms with Crippen LogP contribution in [0, 0.1) is 5.41 Å². The van der Waals surface area contributed by atoms with Gasteiger partial charge in [-0.2, -0.15) is 0 Å². The normalized spacial score (nSPS) is 17.0. The lowest BCUT2D eigenvalue weighted by Crippen LogP contribution is -2.22. The Kier molecular flexibility index (Phi) is 3.84. The maximum Gasteiger partial charge on any atom is 0.308 e.